The maximum absolute atomic E-state index is 12.4. The third-order valence-corrected chi connectivity index (χ3v) is 3.85. The molecule has 0 spiro atoms. The first-order valence-electron chi connectivity index (χ1n) is 7.29. The molecule has 0 aromatic rings. The van der Waals surface area contributed by atoms with E-state index >= 15 is 0 Å². The van der Waals surface area contributed by atoms with E-state index in [-0.39, 0.29) is 12.6 Å². The van der Waals surface area contributed by atoms with Crippen LogP contribution in [-0.2, 0) is 9.53 Å². The number of amides is 2. The second kappa shape index (κ2) is 7.47. The number of piperidine rings is 1. The van der Waals surface area contributed by atoms with E-state index in [4.69, 9.17) is 4.74 Å². The van der Waals surface area contributed by atoms with Crippen LogP contribution in [0.25, 0.3) is 0 Å². The molecule has 1 unspecified atom stereocenters. The van der Waals surface area contributed by atoms with Gasteiger partial charge in [-0.15, -0.1) is 0 Å². The lowest BCUT2D eigenvalue weighted by molar-refractivity contribution is -0.150. The molecule has 1 aliphatic heterocycles. The molecule has 20 heavy (non-hydrogen) atoms. The van der Waals surface area contributed by atoms with Crippen LogP contribution in [0.15, 0.2) is 0 Å². The van der Waals surface area contributed by atoms with E-state index in [9.17, 15) is 14.7 Å². The summed E-state index contributed by atoms with van der Waals surface area (Å²) in [6, 6.07) is -0.0839. The topological polar surface area (TPSA) is 70.1 Å². The van der Waals surface area contributed by atoms with E-state index in [2.05, 4.69) is 0 Å². The molecule has 0 bridgehead atoms. The molecule has 116 valence electrons. The molecule has 2 amide bonds. The molecular formula is C14H26N2O4. The lowest BCUT2D eigenvalue weighted by Crippen LogP contribution is -2.53. The van der Waals surface area contributed by atoms with Crippen molar-refractivity contribution in [2.45, 2.75) is 33.6 Å². The van der Waals surface area contributed by atoms with E-state index in [1.54, 1.807) is 16.7 Å². The molecule has 1 fully saturated rings. The highest BCUT2D eigenvalue weighted by Crippen LogP contribution is 2.30. The van der Waals surface area contributed by atoms with E-state index in [1.807, 2.05) is 13.8 Å². The molecule has 1 N–H and O–H groups in total. The number of hydrogen-bond donors (Lipinski definition) is 1. The van der Waals surface area contributed by atoms with E-state index in [0.717, 1.165) is 6.42 Å². The second-order valence-electron chi connectivity index (χ2n) is 5.45. The van der Waals surface area contributed by atoms with Gasteiger partial charge in [-0.3, -0.25) is 4.79 Å². The van der Waals surface area contributed by atoms with Crippen molar-refractivity contribution < 1.29 is 19.4 Å². The average Bonchev–Trinajstić information content (AvgIpc) is 2.43. The van der Waals surface area contributed by atoms with E-state index in [0.29, 0.717) is 39.3 Å². The van der Waals surface area contributed by atoms with Crippen molar-refractivity contribution in [1.29, 1.82) is 0 Å². The SMILES string of the molecule is CCOCCN(CC)C(=O)N1CCCC(C)(C(=O)O)C1. The summed E-state index contributed by atoms with van der Waals surface area (Å²) in [6.07, 6.45) is 1.36. The van der Waals surface area contributed by atoms with Crippen molar-refractivity contribution in [3.8, 4) is 0 Å². The number of nitrogens with zero attached hydrogens (tertiary/aromatic N) is 2. The summed E-state index contributed by atoms with van der Waals surface area (Å²) in [6.45, 7) is 8.76. The smallest absolute Gasteiger partial charge is 0.320 e. The Morgan fingerprint density at radius 1 is 1.40 bits per heavy atom. The number of hydrogen-bond acceptors (Lipinski definition) is 3. The lowest BCUT2D eigenvalue weighted by atomic mass is 9.82. The van der Waals surface area contributed by atoms with Gasteiger partial charge < -0.3 is 19.6 Å². The van der Waals surface area contributed by atoms with Crippen molar-refractivity contribution in [2.75, 3.05) is 39.4 Å². The Morgan fingerprint density at radius 2 is 2.10 bits per heavy atom. The third kappa shape index (κ3) is 4.10. The quantitative estimate of drug-likeness (QED) is 0.754. The number of likely N-dealkylation sites (tertiary alicyclic amines) is 1. The van der Waals surface area contributed by atoms with Crippen molar-refractivity contribution >= 4 is 12.0 Å². The normalized spacial score (nSPS) is 22.6. The van der Waals surface area contributed by atoms with Crippen molar-refractivity contribution in [2.24, 2.45) is 5.41 Å². The number of aliphatic carboxylic acids is 1. The lowest BCUT2D eigenvalue weighted by Gasteiger charge is -2.39. The van der Waals surface area contributed by atoms with Crippen molar-refractivity contribution in [3.05, 3.63) is 0 Å². The third-order valence-electron chi connectivity index (χ3n) is 3.85. The fourth-order valence-corrected chi connectivity index (χ4v) is 2.49. The molecular weight excluding hydrogens is 260 g/mol. The number of carbonyl (C=O) groups excluding carboxylic acids is 1. The van der Waals surface area contributed by atoms with Crippen LogP contribution in [0.5, 0.6) is 0 Å². The summed E-state index contributed by atoms with van der Waals surface area (Å²) in [5.41, 5.74) is -0.826. The number of carboxylic acids is 1. The van der Waals surface area contributed by atoms with Crippen LogP contribution < -0.4 is 0 Å². The Hall–Kier alpha value is -1.30. The highest BCUT2D eigenvalue weighted by molar-refractivity contribution is 5.78. The van der Waals surface area contributed by atoms with Crippen LogP contribution in [-0.4, -0.2) is 66.3 Å². The molecule has 0 saturated carbocycles. The summed E-state index contributed by atoms with van der Waals surface area (Å²) >= 11 is 0. The first kappa shape index (κ1) is 16.8. The molecule has 1 atom stereocenters. The highest BCUT2D eigenvalue weighted by Gasteiger charge is 2.40. The molecule has 1 heterocycles. The summed E-state index contributed by atoms with van der Waals surface area (Å²) in [5.74, 6) is -0.827. The molecule has 6 nitrogen and oxygen atoms in total. The molecule has 1 aliphatic rings. The number of carboxylic acid groups (broad SMARTS) is 1. The zero-order valence-electron chi connectivity index (χ0n) is 12.7. The van der Waals surface area contributed by atoms with Crippen molar-refractivity contribution in [1.82, 2.24) is 9.80 Å². The summed E-state index contributed by atoms with van der Waals surface area (Å²) in [5, 5.41) is 9.29. The van der Waals surface area contributed by atoms with Crippen LogP contribution in [0.2, 0.25) is 0 Å². The van der Waals surface area contributed by atoms with Crippen LogP contribution >= 0.6 is 0 Å². The average molecular weight is 286 g/mol. The van der Waals surface area contributed by atoms with Gasteiger partial charge >= 0.3 is 12.0 Å². The minimum Gasteiger partial charge on any atom is -0.481 e. The molecule has 0 radical (unpaired) electrons. The number of rotatable bonds is 6. The van der Waals surface area contributed by atoms with Crippen LogP contribution in [0.4, 0.5) is 4.79 Å². The Labute approximate surface area is 120 Å². The first-order chi connectivity index (χ1) is 9.44. The number of urea groups is 1. The number of ether oxygens (including phenoxy) is 1. The van der Waals surface area contributed by atoms with Crippen LogP contribution in [0, 0.1) is 5.41 Å². The molecule has 1 rings (SSSR count). The summed E-state index contributed by atoms with van der Waals surface area (Å²) in [7, 11) is 0. The minimum atomic E-state index is -0.827. The van der Waals surface area contributed by atoms with Gasteiger partial charge in [0, 0.05) is 32.8 Å². The Kier molecular flexibility index (Phi) is 6.26. The molecule has 6 heteroatoms. The number of carbonyl (C=O) groups is 2. The Balaban J connectivity index is 2.62. The predicted molar refractivity (Wildman–Crippen MR) is 75.7 cm³/mol. The fraction of sp³-hybridized carbons (Fsp3) is 0.857. The Bertz CT molecular complexity index is 348. The van der Waals surface area contributed by atoms with Crippen LogP contribution in [0.1, 0.15) is 33.6 Å². The van der Waals surface area contributed by atoms with E-state index in [1.165, 1.54) is 0 Å². The molecule has 1 saturated heterocycles. The van der Waals surface area contributed by atoms with E-state index < -0.39 is 11.4 Å². The fourth-order valence-electron chi connectivity index (χ4n) is 2.49. The zero-order valence-corrected chi connectivity index (χ0v) is 12.7. The maximum Gasteiger partial charge on any atom is 0.320 e. The maximum atomic E-state index is 12.4. The van der Waals surface area contributed by atoms with Gasteiger partial charge in [0.2, 0.25) is 0 Å². The largest absolute Gasteiger partial charge is 0.481 e. The predicted octanol–water partition coefficient (Wildman–Crippen LogP) is 1.65. The van der Waals surface area contributed by atoms with Gasteiger partial charge in [-0.2, -0.15) is 0 Å². The van der Waals surface area contributed by atoms with Gasteiger partial charge in [0.25, 0.3) is 0 Å². The standard InChI is InChI=1S/C14H26N2O4/c1-4-15(9-10-20-5-2)13(19)16-8-6-7-14(3,11-16)12(17)18/h4-11H2,1-3H3,(H,17,18). The second-order valence-corrected chi connectivity index (χ2v) is 5.45. The van der Waals surface area contributed by atoms with Crippen molar-refractivity contribution in [3.63, 3.8) is 0 Å². The highest BCUT2D eigenvalue weighted by atomic mass is 16.5. The van der Waals surface area contributed by atoms with Gasteiger partial charge in [-0.25, -0.2) is 4.79 Å². The monoisotopic (exact) mass is 286 g/mol. The van der Waals surface area contributed by atoms with Gasteiger partial charge in [0.1, 0.15) is 0 Å². The molecule has 0 aliphatic carbocycles. The number of likely N-dealkylation sites (N-methyl/N-ethyl adjacent to an activating group) is 1. The Morgan fingerprint density at radius 3 is 2.65 bits per heavy atom. The van der Waals surface area contributed by atoms with Gasteiger partial charge in [-0.05, 0) is 33.6 Å². The van der Waals surface area contributed by atoms with Gasteiger partial charge in [0.15, 0.2) is 0 Å². The summed E-state index contributed by atoms with van der Waals surface area (Å²) < 4.78 is 5.28. The van der Waals surface area contributed by atoms with Gasteiger partial charge in [0.05, 0.1) is 12.0 Å². The molecule has 0 aromatic heterocycles. The zero-order chi connectivity index (χ0) is 15.2. The van der Waals surface area contributed by atoms with Gasteiger partial charge in [-0.1, -0.05) is 0 Å². The summed E-state index contributed by atoms with van der Waals surface area (Å²) in [4.78, 5) is 27.1. The first-order valence-corrected chi connectivity index (χ1v) is 7.29. The molecule has 0 aromatic carbocycles. The van der Waals surface area contributed by atoms with Crippen LogP contribution in [0.3, 0.4) is 0 Å². The minimum absolute atomic E-state index is 0.0839.